The summed E-state index contributed by atoms with van der Waals surface area (Å²) in [5, 5.41) is 11.0. The van der Waals surface area contributed by atoms with Crippen LogP contribution in [0.15, 0.2) is 57.1 Å². The zero-order valence-electron chi connectivity index (χ0n) is 23.8. The van der Waals surface area contributed by atoms with Crippen LogP contribution in [0, 0.1) is 0 Å². The van der Waals surface area contributed by atoms with Gasteiger partial charge >= 0.3 is 12.3 Å². The van der Waals surface area contributed by atoms with Gasteiger partial charge in [0.05, 0.1) is 24.2 Å². The summed E-state index contributed by atoms with van der Waals surface area (Å²) >= 11 is 3.10. The van der Waals surface area contributed by atoms with E-state index in [1.165, 1.54) is 6.92 Å². The highest BCUT2D eigenvalue weighted by atomic mass is 79.9. The maximum absolute atomic E-state index is 13.5. The minimum Gasteiger partial charge on any atom is -0.444 e. The lowest BCUT2D eigenvalue weighted by Gasteiger charge is -2.47. The lowest BCUT2D eigenvalue weighted by atomic mass is 9.91. The fourth-order valence-electron chi connectivity index (χ4n) is 4.16. The molecule has 2 fully saturated rings. The first-order valence-corrected chi connectivity index (χ1v) is 13.8. The Kier molecular flexibility index (Phi) is 11.3. The Balaban J connectivity index is 0.000000557. The maximum Gasteiger partial charge on any atom is 0.435 e. The van der Waals surface area contributed by atoms with Gasteiger partial charge in [-0.05, 0) is 49.7 Å². The average molecular weight is 676 g/mol. The van der Waals surface area contributed by atoms with Crippen molar-refractivity contribution in [1.29, 1.82) is 0 Å². The SMILES string of the molecule is CC(C)(C)OC(N)=O.CC(N)=NC(=Nc1cc(Br)cnc1C(F)(F)F)C1OC2COC(c3ccccc3)OC2C(N)C1O. The predicted octanol–water partition coefficient (Wildman–Crippen LogP) is 3.72. The second kappa shape index (κ2) is 14.1. The van der Waals surface area contributed by atoms with Gasteiger partial charge in [0.1, 0.15) is 30.0 Å². The van der Waals surface area contributed by atoms with Gasteiger partial charge in [-0.15, -0.1) is 0 Å². The number of rotatable bonds is 3. The first-order valence-electron chi connectivity index (χ1n) is 13.0. The maximum atomic E-state index is 13.5. The number of amidine groups is 2. The molecule has 3 heterocycles. The van der Waals surface area contributed by atoms with Crippen LogP contribution in [0.3, 0.4) is 0 Å². The Morgan fingerprint density at radius 2 is 1.81 bits per heavy atom. The van der Waals surface area contributed by atoms with E-state index in [1.807, 2.05) is 30.3 Å². The van der Waals surface area contributed by atoms with Crippen molar-refractivity contribution in [2.75, 3.05) is 6.61 Å². The fourth-order valence-corrected chi connectivity index (χ4v) is 4.48. The largest absolute Gasteiger partial charge is 0.444 e. The molecule has 2 aliphatic heterocycles. The van der Waals surface area contributed by atoms with E-state index < -0.39 is 66.0 Å². The molecule has 1 amide bonds. The molecule has 236 valence electrons. The monoisotopic (exact) mass is 674 g/mol. The third kappa shape index (κ3) is 9.67. The molecule has 6 unspecified atom stereocenters. The third-order valence-electron chi connectivity index (χ3n) is 5.83. The topological polar surface area (TPSA) is 190 Å². The molecule has 0 radical (unpaired) electrons. The molecule has 1 aromatic heterocycles. The summed E-state index contributed by atoms with van der Waals surface area (Å²) in [7, 11) is 0. The van der Waals surface area contributed by atoms with Gasteiger partial charge in [0.15, 0.2) is 17.8 Å². The molecule has 0 spiro atoms. The summed E-state index contributed by atoms with van der Waals surface area (Å²) in [6, 6.07) is 9.32. The van der Waals surface area contributed by atoms with Crippen LogP contribution < -0.4 is 17.2 Å². The number of aliphatic hydroxyl groups is 1. The molecule has 0 saturated carbocycles. The fraction of sp³-hybridized carbons (Fsp3) is 0.481. The summed E-state index contributed by atoms with van der Waals surface area (Å²) in [6.07, 6.45) is -9.41. The Bertz CT molecular complexity index is 1320. The molecule has 2 saturated heterocycles. The number of hydrogen-bond acceptors (Lipinski definition) is 9. The number of primary amides is 1. The highest BCUT2D eigenvalue weighted by Crippen LogP contribution is 2.38. The quantitative estimate of drug-likeness (QED) is 0.278. The summed E-state index contributed by atoms with van der Waals surface area (Å²) in [5.41, 5.74) is 15.3. The normalized spacial score (nSPS) is 26.6. The van der Waals surface area contributed by atoms with Gasteiger partial charge in [0.25, 0.3) is 0 Å². The molecule has 0 bridgehead atoms. The number of benzene rings is 1. The summed E-state index contributed by atoms with van der Waals surface area (Å²) in [5.74, 6) is -0.297. The van der Waals surface area contributed by atoms with E-state index in [4.69, 9.17) is 31.4 Å². The summed E-state index contributed by atoms with van der Waals surface area (Å²) < 4.78 is 63.1. The number of nitrogens with two attached hydrogens (primary N) is 3. The second-order valence-electron chi connectivity index (χ2n) is 10.6. The number of carbonyl (C=O) groups excluding carboxylic acids is 1. The van der Waals surface area contributed by atoms with Crippen molar-refractivity contribution in [3.8, 4) is 0 Å². The van der Waals surface area contributed by atoms with Gasteiger partial charge in [-0.3, -0.25) is 0 Å². The van der Waals surface area contributed by atoms with Gasteiger partial charge in [0, 0.05) is 16.2 Å². The minimum atomic E-state index is -4.78. The van der Waals surface area contributed by atoms with Crippen LogP contribution >= 0.6 is 15.9 Å². The van der Waals surface area contributed by atoms with Crippen LogP contribution in [0.2, 0.25) is 0 Å². The van der Waals surface area contributed by atoms with Crippen molar-refractivity contribution in [3.05, 3.63) is 58.3 Å². The van der Waals surface area contributed by atoms with Crippen molar-refractivity contribution in [1.82, 2.24) is 4.98 Å². The van der Waals surface area contributed by atoms with E-state index in [-0.39, 0.29) is 22.8 Å². The highest BCUT2D eigenvalue weighted by Gasteiger charge is 2.49. The second-order valence-corrected chi connectivity index (χ2v) is 11.5. The Morgan fingerprint density at radius 1 is 1.16 bits per heavy atom. The number of fused-ring (bicyclic) bond motifs is 1. The lowest BCUT2D eigenvalue weighted by Crippen LogP contribution is -2.66. The van der Waals surface area contributed by atoms with Crippen molar-refractivity contribution in [2.45, 2.75) is 76.2 Å². The summed E-state index contributed by atoms with van der Waals surface area (Å²) in [4.78, 5) is 21.5. The van der Waals surface area contributed by atoms with Crippen molar-refractivity contribution < 1.29 is 42.0 Å². The lowest BCUT2D eigenvalue weighted by molar-refractivity contribution is -0.299. The minimum absolute atomic E-state index is 0.00737. The average Bonchev–Trinajstić information content (AvgIpc) is 2.88. The molecule has 12 nitrogen and oxygen atoms in total. The molecule has 2 aliphatic rings. The van der Waals surface area contributed by atoms with Gasteiger partial charge in [-0.2, -0.15) is 13.2 Å². The van der Waals surface area contributed by atoms with Crippen LogP contribution in [0.5, 0.6) is 0 Å². The van der Waals surface area contributed by atoms with Gasteiger partial charge in [-0.1, -0.05) is 30.3 Å². The molecule has 2 aromatic rings. The third-order valence-corrected chi connectivity index (χ3v) is 6.26. The van der Waals surface area contributed by atoms with E-state index in [0.29, 0.717) is 0 Å². The van der Waals surface area contributed by atoms with Crippen LogP contribution in [0.1, 0.15) is 45.2 Å². The number of hydrogen-bond donors (Lipinski definition) is 4. The molecule has 16 heteroatoms. The highest BCUT2D eigenvalue weighted by molar-refractivity contribution is 9.10. The van der Waals surface area contributed by atoms with Crippen LogP contribution in [-0.2, 0) is 25.1 Å². The molecule has 7 N–H and O–H groups in total. The number of aliphatic hydroxyl groups excluding tert-OH is 1. The molecular formula is C27H34BrF3N6O6. The molecule has 0 aliphatic carbocycles. The smallest absolute Gasteiger partial charge is 0.435 e. The molecule has 43 heavy (non-hydrogen) atoms. The first-order chi connectivity index (χ1) is 20.0. The van der Waals surface area contributed by atoms with E-state index in [2.05, 4.69) is 35.6 Å². The standard InChI is InChI=1S/C22H23BrF3N5O4.C5H11NO2/c1-10(27)30-20(31-13-7-12(23)8-29-19(13)22(24,25)26)18-16(32)15(28)17-14(34-18)9-33-21(35-17)11-5-3-2-4-6-11;1-5(2,3)8-4(6)7/h2-8,14-18,21,32H,9,28H2,1H3,(H2,27,30,31);1-3H3,(H2,6,7). The van der Waals surface area contributed by atoms with Crippen LogP contribution in [-0.4, -0.2) is 70.5 Å². The number of nitrogens with zero attached hydrogens (tertiary/aromatic N) is 3. The molecule has 6 atom stereocenters. The van der Waals surface area contributed by atoms with Crippen LogP contribution in [0.4, 0.5) is 23.7 Å². The van der Waals surface area contributed by atoms with E-state index in [1.54, 1.807) is 20.8 Å². The van der Waals surface area contributed by atoms with E-state index in [9.17, 15) is 23.1 Å². The van der Waals surface area contributed by atoms with E-state index >= 15 is 0 Å². The number of amides is 1. The number of aliphatic imine (C=N–C) groups is 2. The van der Waals surface area contributed by atoms with E-state index in [0.717, 1.165) is 17.8 Å². The van der Waals surface area contributed by atoms with Crippen LogP contribution in [0.25, 0.3) is 0 Å². The van der Waals surface area contributed by atoms with Gasteiger partial charge < -0.3 is 41.3 Å². The summed E-state index contributed by atoms with van der Waals surface area (Å²) in [6.45, 7) is 6.77. The number of alkyl halides is 3. The molecular weight excluding hydrogens is 641 g/mol. The Morgan fingerprint density at radius 3 is 2.35 bits per heavy atom. The van der Waals surface area contributed by atoms with Crippen molar-refractivity contribution >= 4 is 39.4 Å². The number of ether oxygens (including phenoxy) is 4. The van der Waals surface area contributed by atoms with Crippen molar-refractivity contribution in [2.24, 2.45) is 27.2 Å². The zero-order valence-corrected chi connectivity index (χ0v) is 25.4. The molecule has 1 aromatic carbocycles. The molecule has 4 rings (SSSR count). The number of pyridine rings is 1. The Labute approximate surface area is 254 Å². The van der Waals surface area contributed by atoms with Gasteiger partial charge in [0.2, 0.25) is 0 Å². The number of carbonyl (C=O) groups is 1. The number of halogens is 4. The Hall–Kier alpha value is -3.15. The van der Waals surface area contributed by atoms with Crippen molar-refractivity contribution in [3.63, 3.8) is 0 Å². The predicted molar refractivity (Wildman–Crippen MR) is 154 cm³/mol. The number of aromatic nitrogens is 1. The first kappa shape index (κ1) is 34.3. The zero-order chi connectivity index (χ0) is 32.1. The van der Waals surface area contributed by atoms with Gasteiger partial charge in [-0.25, -0.2) is 19.8 Å².